The molecular weight excluding hydrogens is 564 g/mol. The maximum atomic E-state index is 13.5. The Morgan fingerprint density at radius 3 is 2.37 bits per heavy atom. The molecule has 3 aromatic carbocycles. The van der Waals surface area contributed by atoms with Crippen LogP contribution in [0, 0.1) is 0 Å². The number of amides is 2. The second-order valence-corrected chi connectivity index (χ2v) is 11.4. The minimum atomic E-state index is -0.324. The van der Waals surface area contributed by atoms with Crippen LogP contribution in [0.25, 0.3) is 5.69 Å². The van der Waals surface area contributed by atoms with E-state index in [2.05, 4.69) is 42.0 Å². The summed E-state index contributed by atoms with van der Waals surface area (Å²) in [5, 5.41) is 8.23. The summed E-state index contributed by atoms with van der Waals surface area (Å²) in [5.74, 6) is -0.0478. The van der Waals surface area contributed by atoms with Crippen LogP contribution >= 0.6 is 27.5 Å². The summed E-state index contributed by atoms with van der Waals surface area (Å²) in [4.78, 5) is 28.4. The van der Waals surface area contributed by atoms with Crippen molar-refractivity contribution in [1.29, 1.82) is 0 Å². The molecule has 6 nitrogen and oxygen atoms in total. The molecule has 0 aliphatic rings. The lowest BCUT2D eigenvalue weighted by atomic mass is 9.92. The first-order chi connectivity index (χ1) is 18.1. The average molecular weight is 594 g/mol. The molecule has 1 aromatic heterocycles. The quantitative estimate of drug-likeness (QED) is 0.241. The Bertz CT molecular complexity index is 1430. The van der Waals surface area contributed by atoms with E-state index in [1.165, 1.54) is 0 Å². The van der Waals surface area contributed by atoms with Gasteiger partial charge in [-0.1, -0.05) is 96.8 Å². The fraction of sp³-hybridized carbons (Fsp3) is 0.233. The predicted octanol–water partition coefficient (Wildman–Crippen LogP) is 6.91. The van der Waals surface area contributed by atoms with Gasteiger partial charge >= 0.3 is 0 Å². The SMILES string of the molecule is CC(C)(C)c1cc(NC(=O)CN(CCc2ccccc2)C(=O)c2cccc(Br)c2)n(-c2ccccc2Cl)n1. The summed E-state index contributed by atoms with van der Waals surface area (Å²) in [7, 11) is 0. The molecule has 0 atom stereocenters. The zero-order chi connectivity index (χ0) is 27.3. The zero-order valence-electron chi connectivity index (χ0n) is 21.6. The maximum Gasteiger partial charge on any atom is 0.254 e. The molecule has 4 aromatic rings. The number of hydrogen-bond acceptors (Lipinski definition) is 3. The Labute approximate surface area is 236 Å². The van der Waals surface area contributed by atoms with Crippen LogP contribution < -0.4 is 5.32 Å². The summed E-state index contributed by atoms with van der Waals surface area (Å²) < 4.78 is 2.44. The van der Waals surface area contributed by atoms with Crippen LogP contribution in [0.15, 0.2) is 89.4 Å². The number of aromatic nitrogens is 2. The molecule has 4 rings (SSSR count). The van der Waals surface area contributed by atoms with Crippen molar-refractivity contribution in [2.75, 3.05) is 18.4 Å². The van der Waals surface area contributed by atoms with Gasteiger partial charge in [-0.25, -0.2) is 4.68 Å². The monoisotopic (exact) mass is 592 g/mol. The van der Waals surface area contributed by atoms with E-state index in [4.69, 9.17) is 16.7 Å². The first-order valence-corrected chi connectivity index (χ1v) is 13.5. The lowest BCUT2D eigenvalue weighted by Crippen LogP contribution is -2.39. The minimum absolute atomic E-state index is 0.114. The van der Waals surface area contributed by atoms with Gasteiger partial charge in [0.1, 0.15) is 12.4 Å². The lowest BCUT2D eigenvalue weighted by molar-refractivity contribution is -0.116. The summed E-state index contributed by atoms with van der Waals surface area (Å²) >= 11 is 9.90. The molecular formula is C30H30BrClN4O2. The molecule has 0 radical (unpaired) electrons. The number of hydrogen-bond donors (Lipinski definition) is 1. The maximum absolute atomic E-state index is 13.5. The molecule has 38 heavy (non-hydrogen) atoms. The molecule has 0 unspecified atom stereocenters. The minimum Gasteiger partial charge on any atom is -0.329 e. The molecule has 0 aliphatic carbocycles. The van der Waals surface area contributed by atoms with Gasteiger partial charge in [0, 0.05) is 28.1 Å². The van der Waals surface area contributed by atoms with Gasteiger partial charge in [0.2, 0.25) is 5.91 Å². The Hall–Kier alpha value is -3.42. The highest BCUT2D eigenvalue weighted by Crippen LogP contribution is 2.29. The summed E-state index contributed by atoms with van der Waals surface area (Å²) in [6.45, 7) is 6.44. The van der Waals surface area contributed by atoms with Gasteiger partial charge < -0.3 is 10.2 Å². The number of nitrogens with zero attached hydrogens (tertiary/aromatic N) is 3. The van der Waals surface area contributed by atoms with Gasteiger partial charge in [-0.2, -0.15) is 5.10 Å². The van der Waals surface area contributed by atoms with Gasteiger partial charge in [0.25, 0.3) is 5.91 Å². The standard InChI is InChI=1S/C30H30BrClN4O2/c1-30(2,3)26-19-27(36(34-26)25-15-8-7-14-24(25)32)33-28(37)20-35(17-16-21-10-5-4-6-11-21)29(38)22-12-9-13-23(31)18-22/h4-15,18-19H,16-17,20H2,1-3H3,(H,33,37). The number of anilines is 1. The third-order valence-electron chi connectivity index (χ3n) is 6.03. The predicted molar refractivity (Wildman–Crippen MR) is 156 cm³/mol. The highest BCUT2D eigenvalue weighted by molar-refractivity contribution is 9.10. The van der Waals surface area contributed by atoms with E-state index in [0.29, 0.717) is 35.1 Å². The zero-order valence-corrected chi connectivity index (χ0v) is 24.0. The van der Waals surface area contributed by atoms with Crippen molar-refractivity contribution < 1.29 is 9.59 Å². The van der Waals surface area contributed by atoms with Crippen LogP contribution in [-0.4, -0.2) is 39.6 Å². The Morgan fingerprint density at radius 1 is 0.974 bits per heavy atom. The highest BCUT2D eigenvalue weighted by Gasteiger charge is 2.24. The van der Waals surface area contributed by atoms with Crippen molar-refractivity contribution in [1.82, 2.24) is 14.7 Å². The van der Waals surface area contributed by atoms with Crippen molar-refractivity contribution in [3.8, 4) is 5.69 Å². The normalized spacial score (nSPS) is 11.3. The molecule has 1 heterocycles. The molecule has 2 amide bonds. The highest BCUT2D eigenvalue weighted by atomic mass is 79.9. The smallest absolute Gasteiger partial charge is 0.254 e. The number of carbonyl (C=O) groups excluding carboxylic acids is 2. The van der Waals surface area contributed by atoms with E-state index in [1.54, 1.807) is 27.8 Å². The Kier molecular flexibility index (Phi) is 8.69. The van der Waals surface area contributed by atoms with E-state index >= 15 is 0 Å². The van der Waals surface area contributed by atoms with E-state index in [-0.39, 0.29) is 23.8 Å². The molecule has 0 bridgehead atoms. The third-order valence-corrected chi connectivity index (χ3v) is 6.85. The molecule has 0 saturated heterocycles. The third kappa shape index (κ3) is 6.91. The molecule has 196 valence electrons. The van der Waals surface area contributed by atoms with Gasteiger partial charge in [-0.05, 0) is 42.3 Å². The van der Waals surface area contributed by atoms with Crippen LogP contribution in [0.1, 0.15) is 42.4 Å². The Morgan fingerprint density at radius 2 is 1.68 bits per heavy atom. The molecule has 8 heteroatoms. The topological polar surface area (TPSA) is 67.2 Å². The number of benzene rings is 3. The molecule has 0 saturated carbocycles. The first-order valence-electron chi connectivity index (χ1n) is 12.4. The van der Waals surface area contributed by atoms with Gasteiger partial charge in [0.15, 0.2) is 0 Å². The summed E-state index contributed by atoms with van der Waals surface area (Å²) in [5.41, 5.74) is 2.82. The van der Waals surface area contributed by atoms with Gasteiger partial charge in [0.05, 0.1) is 16.4 Å². The fourth-order valence-corrected chi connectivity index (χ4v) is 4.58. The molecule has 0 fully saturated rings. The summed E-state index contributed by atoms with van der Waals surface area (Å²) in [6.07, 6.45) is 0.625. The van der Waals surface area contributed by atoms with Gasteiger partial charge in [-0.3, -0.25) is 9.59 Å². The van der Waals surface area contributed by atoms with Gasteiger partial charge in [-0.15, -0.1) is 0 Å². The van der Waals surface area contributed by atoms with Crippen LogP contribution in [0.2, 0.25) is 5.02 Å². The van der Waals surface area contributed by atoms with Crippen molar-refractivity contribution in [2.45, 2.75) is 32.6 Å². The van der Waals surface area contributed by atoms with Crippen LogP contribution in [0.4, 0.5) is 5.82 Å². The molecule has 1 N–H and O–H groups in total. The van der Waals surface area contributed by atoms with Crippen molar-refractivity contribution >= 4 is 45.2 Å². The number of carbonyl (C=O) groups is 2. The van der Waals surface area contributed by atoms with Crippen molar-refractivity contribution in [2.24, 2.45) is 0 Å². The average Bonchev–Trinajstić information content (AvgIpc) is 3.31. The van der Waals surface area contributed by atoms with E-state index in [9.17, 15) is 9.59 Å². The van der Waals surface area contributed by atoms with E-state index in [1.807, 2.05) is 66.7 Å². The van der Waals surface area contributed by atoms with E-state index in [0.717, 1.165) is 15.7 Å². The molecule has 0 aliphatic heterocycles. The van der Waals surface area contributed by atoms with Crippen molar-refractivity contribution in [3.63, 3.8) is 0 Å². The second-order valence-electron chi connectivity index (χ2n) is 10.0. The number of nitrogens with one attached hydrogen (secondary N) is 1. The Balaban J connectivity index is 1.60. The van der Waals surface area contributed by atoms with Crippen LogP contribution in [-0.2, 0) is 16.6 Å². The van der Waals surface area contributed by atoms with E-state index < -0.39 is 0 Å². The number of para-hydroxylation sites is 1. The number of rotatable bonds is 8. The largest absolute Gasteiger partial charge is 0.329 e. The second kappa shape index (κ2) is 12.0. The van der Waals surface area contributed by atoms with Crippen LogP contribution in [0.5, 0.6) is 0 Å². The van der Waals surface area contributed by atoms with Crippen molar-refractivity contribution in [3.05, 3.63) is 111 Å². The lowest BCUT2D eigenvalue weighted by Gasteiger charge is -2.23. The fourth-order valence-electron chi connectivity index (χ4n) is 3.96. The summed E-state index contributed by atoms with van der Waals surface area (Å²) in [6, 6.07) is 26.3. The van der Waals surface area contributed by atoms with Crippen LogP contribution in [0.3, 0.4) is 0 Å². The number of halogens is 2. The first kappa shape index (κ1) is 27.6. The molecule has 0 spiro atoms.